The Kier molecular flexibility index (Phi) is 5.32. The van der Waals surface area contributed by atoms with Gasteiger partial charge in [0.15, 0.2) is 6.67 Å². The van der Waals surface area contributed by atoms with Gasteiger partial charge in [-0.25, -0.2) is 12.8 Å². The summed E-state index contributed by atoms with van der Waals surface area (Å²) in [6.45, 7) is 5.45. The fourth-order valence-electron chi connectivity index (χ4n) is 2.89. The molecule has 0 atom stereocenters. The Bertz CT molecular complexity index is 901. The van der Waals surface area contributed by atoms with Crippen molar-refractivity contribution in [3.63, 3.8) is 0 Å². The molecule has 10 heteroatoms. The summed E-state index contributed by atoms with van der Waals surface area (Å²) in [5.41, 5.74) is 0. The van der Waals surface area contributed by atoms with Crippen molar-refractivity contribution >= 4 is 22.2 Å². The molecule has 1 aliphatic rings. The molecular weight excluding hydrogens is 365 g/mol. The summed E-state index contributed by atoms with van der Waals surface area (Å²) >= 11 is 5.36. The number of rotatable bonds is 5. The van der Waals surface area contributed by atoms with Crippen molar-refractivity contribution < 1.29 is 17.7 Å². The maximum absolute atomic E-state index is 13.3. The van der Waals surface area contributed by atoms with Gasteiger partial charge in [0.25, 0.3) is 0 Å². The maximum atomic E-state index is 13.3. The van der Waals surface area contributed by atoms with E-state index in [1.54, 1.807) is 11.0 Å². The van der Waals surface area contributed by atoms with Gasteiger partial charge in [-0.15, -0.1) is 0 Å². The Labute approximate surface area is 151 Å². The number of benzene rings is 1. The van der Waals surface area contributed by atoms with Crippen LogP contribution in [0, 0.1) is 10.6 Å². The first-order chi connectivity index (χ1) is 11.9. The second-order valence-electron chi connectivity index (χ2n) is 5.97. The average molecular weight is 386 g/mol. The standard InChI is InChI=1S/C15H20FN5O2S2/c1-2-19-11-17-21(15(19)24)12-18-6-8-20(9-7-18)25(22,23)14-5-3-4-13(16)10-14/h3-5,10-11H,2,6-9,12H2,1H3/p+1. The summed E-state index contributed by atoms with van der Waals surface area (Å²) in [6.07, 6.45) is 1.71. The lowest BCUT2D eigenvalue weighted by molar-refractivity contribution is -0.926. The third-order valence-corrected chi connectivity index (χ3v) is 6.71. The van der Waals surface area contributed by atoms with Crippen LogP contribution < -0.4 is 4.90 Å². The van der Waals surface area contributed by atoms with E-state index in [9.17, 15) is 12.8 Å². The number of quaternary nitrogens is 1. The Morgan fingerprint density at radius 3 is 2.64 bits per heavy atom. The van der Waals surface area contributed by atoms with E-state index < -0.39 is 15.8 Å². The molecule has 1 aromatic carbocycles. The first-order valence-electron chi connectivity index (χ1n) is 8.13. The summed E-state index contributed by atoms with van der Waals surface area (Å²) < 4.78 is 44.3. The Morgan fingerprint density at radius 2 is 2.04 bits per heavy atom. The number of nitrogens with one attached hydrogen (secondary N) is 1. The average Bonchev–Trinajstić information content (AvgIpc) is 2.95. The van der Waals surface area contributed by atoms with Crippen molar-refractivity contribution in [1.82, 2.24) is 18.7 Å². The minimum atomic E-state index is -3.66. The number of hydrogen-bond donors (Lipinski definition) is 1. The predicted molar refractivity (Wildman–Crippen MR) is 92.6 cm³/mol. The zero-order valence-electron chi connectivity index (χ0n) is 13.9. The van der Waals surface area contributed by atoms with Gasteiger partial charge in [-0.1, -0.05) is 6.07 Å². The second kappa shape index (κ2) is 7.32. The highest BCUT2D eigenvalue weighted by molar-refractivity contribution is 7.89. The van der Waals surface area contributed by atoms with Gasteiger partial charge in [0.05, 0.1) is 31.1 Å². The van der Waals surface area contributed by atoms with Gasteiger partial charge in [-0.3, -0.25) is 0 Å². The van der Waals surface area contributed by atoms with Crippen LogP contribution in [0.15, 0.2) is 35.5 Å². The van der Waals surface area contributed by atoms with Crippen LogP contribution in [0.4, 0.5) is 4.39 Å². The van der Waals surface area contributed by atoms with Crippen molar-refractivity contribution in [2.24, 2.45) is 0 Å². The molecule has 0 bridgehead atoms. The summed E-state index contributed by atoms with van der Waals surface area (Å²) in [5.74, 6) is -0.550. The molecule has 25 heavy (non-hydrogen) atoms. The molecular formula is C15H21FN5O2S2+. The van der Waals surface area contributed by atoms with E-state index in [0.717, 1.165) is 12.6 Å². The molecule has 1 saturated heterocycles. The minimum absolute atomic E-state index is 0.000131. The molecule has 3 rings (SSSR count). The van der Waals surface area contributed by atoms with E-state index in [1.807, 2.05) is 11.5 Å². The molecule has 0 radical (unpaired) electrons. The number of sulfonamides is 1. The molecule has 0 unspecified atom stereocenters. The first-order valence-corrected chi connectivity index (χ1v) is 9.98. The SMILES string of the molecule is CCn1cnn(C[NH+]2CCN(S(=O)(=O)c3cccc(F)c3)CC2)c1=S. The summed E-state index contributed by atoms with van der Waals surface area (Å²) in [5, 5.41) is 4.29. The van der Waals surface area contributed by atoms with Crippen LogP contribution in [-0.4, -0.2) is 53.2 Å². The topological polar surface area (TPSA) is 64.6 Å². The Hall–Kier alpha value is -1.62. The third-order valence-electron chi connectivity index (χ3n) is 4.37. The quantitative estimate of drug-likeness (QED) is 0.742. The molecule has 7 nitrogen and oxygen atoms in total. The van der Waals surface area contributed by atoms with Gasteiger partial charge < -0.3 is 9.47 Å². The van der Waals surface area contributed by atoms with Crippen molar-refractivity contribution in [2.75, 3.05) is 26.2 Å². The van der Waals surface area contributed by atoms with E-state index in [1.165, 1.54) is 27.4 Å². The molecule has 136 valence electrons. The van der Waals surface area contributed by atoms with Crippen LogP contribution in [0.1, 0.15) is 6.92 Å². The van der Waals surface area contributed by atoms with Gasteiger partial charge in [0.2, 0.25) is 14.8 Å². The van der Waals surface area contributed by atoms with Gasteiger partial charge >= 0.3 is 0 Å². The van der Waals surface area contributed by atoms with Crippen LogP contribution in [0.2, 0.25) is 0 Å². The molecule has 1 N–H and O–H groups in total. The molecule has 1 aliphatic heterocycles. The molecule has 1 aromatic heterocycles. The lowest BCUT2D eigenvalue weighted by Gasteiger charge is -2.31. The molecule has 2 heterocycles. The van der Waals surface area contributed by atoms with E-state index in [2.05, 4.69) is 5.10 Å². The molecule has 0 spiro atoms. The monoisotopic (exact) mass is 386 g/mol. The van der Waals surface area contributed by atoms with Gasteiger partial charge in [-0.05, 0) is 37.3 Å². The molecule has 2 aromatic rings. The van der Waals surface area contributed by atoms with Gasteiger partial charge in [-0.2, -0.15) is 14.1 Å². The number of piperazine rings is 1. The van der Waals surface area contributed by atoms with Crippen molar-refractivity contribution in [1.29, 1.82) is 0 Å². The predicted octanol–water partition coefficient (Wildman–Crippen LogP) is 0.120. The second-order valence-corrected chi connectivity index (χ2v) is 8.27. The largest absolute Gasteiger partial charge is 0.314 e. The lowest BCUT2D eigenvalue weighted by Crippen LogP contribution is -3.14. The minimum Gasteiger partial charge on any atom is -0.314 e. The van der Waals surface area contributed by atoms with Crippen LogP contribution >= 0.6 is 12.2 Å². The highest BCUT2D eigenvalue weighted by atomic mass is 32.2. The normalized spacial score (nSPS) is 17.0. The number of aryl methyl sites for hydroxylation is 1. The summed E-state index contributed by atoms with van der Waals surface area (Å²) in [4.78, 5) is 1.21. The zero-order chi connectivity index (χ0) is 18.0. The third kappa shape index (κ3) is 3.81. The fraction of sp³-hybridized carbons (Fsp3) is 0.467. The maximum Gasteiger partial charge on any atom is 0.243 e. The number of aromatic nitrogens is 3. The van der Waals surface area contributed by atoms with E-state index in [0.29, 0.717) is 37.6 Å². The zero-order valence-corrected chi connectivity index (χ0v) is 15.6. The van der Waals surface area contributed by atoms with E-state index in [4.69, 9.17) is 12.2 Å². The van der Waals surface area contributed by atoms with Crippen molar-refractivity contribution in [3.05, 3.63) is 41.2 Å². The molecule has 0 saturated carbocycles. The molecule has 0 amide bonds. The molecule has 0 aliphatic carbocycles. The van der Waals surface area contributed by atoms with Crippen LogP contribution in [0.5, 0.6) is 0 Å². The smallest absolute Gasteiger partial charge is 0.243 e. The summed E-state index contributed by atoms with van der Waals surface area (Å²) in [6, 6.07) is 5.13. The molecule has 1 fully saturated rings. The summed E-state index contributed by atoms with van der Waals surface area (Å²) in [7, 11) is -3.66. The van der Waals surface area contributed by atoms with Gasteiger partial charge in [0, 0.05) is 6.54 Å². The highest BCUT2D eigenvalue weighted by Crippen LogP contribution is 2.16. The number of halogens is 1. The number of hydrogen-bond acceptors (Lipinski definition) is 4. The van der Waals surface area contributed by atoms with Crippen molar-refractivity contribution in [2.45, 2.75) is 25.0 Å². The first kappa shape index (κ1) is 18.2. The highest BCUT2D eigenvalue weighted by Gasteiger charge is 2.30. The Morgan fingerprint density at radius 1 is 1.32 bits per heavy atom. The van der Waals surface area contributed by atoms with Crippen molar-refractivity contribution in [3.8, 4) is 0 Å². The van der Waals surface area contributed by atoms with Gasteiger partial charge in [0.1, 0.15) is 12.1 Å². The lowest BCUT2D eigenvalue weighted by atomic mass is 10.4. The Balaban J connectivity index is 1.65. The van der Waals surface area contributed by atoms with E-state index >= 15 is 0 Å². The van der Waals surface area contributed by atoms with E-state index in [-0.39, 0.29) is 4.90 Å². The van der Waals surface area contributed by atoms with Crippen LogP contribution in [0.25, 0.3) is 0 Å². The fourth-order valence-corrected chi connectivity index (χ4v) is 4.65. The van der Waals surface area contributed by atoms with Crippen LogP contribution in [0.3, 0.4) is 0 Å². The number of nitrogens with zero attached hydrogens (tertiary/aromatic N) is 4. The van der Waals surface area contributed by atoms with Crippen LogP contribution in [-0.2, 0) is 23.2 Å².